The number of nitrogen functional groups attached to an aromatic ring is 1. The third-order valence-corrected chi connectivity index (χ3v) is 5.09. The monoisotopic (exact) mass is 395 g/mol. The molecule has 0 aliphatic rings. The molecular formula is C25H25N5. The highest BCUT2D eigenvalue weighted by Crippen LogP contribution is 2.35. The van der Waals surface area contributed by atoms with Crippen LogP contribution in [0, 0.1) is 20.8 Å². The minimum Gasteiger partial charge on any atom is -0.383 e. The van der Waals surface area contributed by atoms with Gasteiger partial charge >= 0.3 is 0 Å². The van der Waals surface area contributed by atoms with Crippen molar-refractivity contribution in [3.05, 3.63) is 77.0 Å². The number of fused-ring (bicyclic) bond motifs is 1. The van der Waals surface area contributed by atoms with E-state index in [0.29, 0.717) is 17.6 Å². The van der Waals surface area contributed by atoms with Crippen LogP contribution in [0.4, 0.5) is 17.6 Å². The highest BCUT2D eigenvalue weighted by molar-refractivity contribution is 6.00. The molecule has 0 spiro atoms. The van der Waals surface area contributed by atoms with Crippen LogP contribution >= 0.6 is 0 Å². The van der Waals surface area contributed by atoms with Gasteiger partial charge in [0.1, 0.15) is 11.6 Å². The number of allylic oxidation sites excluding steroid dienone is 1. The Morgan fingerprint density at radius 3 is 2.40 bits per heavy atom. The topological polar surface area (TPSA) is 76.7 Å². The van der Waals surface area contributed by atoms with E-state index in [2.05, 4.69) is 59.5 Å². The maximum absolute atomic E-state index is 6.30. The van der Waals surface area contributed by atoms with Gasteiger partial charge in [0.05, 0.1) is 5.52 Å². The standard InChI is InChI=1S/C25H25N5/c1-5-7-18-12-16(3)22(17(4)13-18)19-8-6-9-20-23(19)29-25(30-24(20)26)28-21-11-10-15(2)14-27-21/h5-14H,1-4H3,(H3,26,27,28,29,30)/b7-5+. The summed E-state index contributed by atoms with van der Waals surface area (Å²) >= 11 is 0. The first kappa shape index (κ1) is 19.6. The van der Waals surface area contributed by atoms with Gasteiger partial charge in [0.15, 0.2) is 0 Å². The van der Waals surface area contributed by atoms with Crippen molar-refractivity contribution in [1.82, 2.24) is 15.0 Å². The molecule has 0 unspecified atom stereocenters. The second-order valence-corrected chi connectivity index (χ2v) is 7.51. The van der Waals surface area contributed by atoms with Gasteiger partial charge in [-0.05, 0) is 67.6 Å². The average Bonchev–Trinajstić information content (AvgIpc) is 2.70. The lowest BCUT2D eigenvalue weighted by Crippen LogP contribution is -2.04. The molecular weight excluding hydrogens is 370 g/mol. The first-order chi connectivity index (χ1) is 14.5. The molecule has 0 radical (unpaired) electrons. The molecule has 5 nitrogen and oxygen atoms in total. The Kier molecular flexibility index (Phi) is 5.19. The second-order valence-electron chi connectivity index (χ2n) is 7.51. The van der Waals surface area contributed by atoms with E-state index in [0.717, 1.165) is 22.0 Å². The van der Waals surface area contributed by atoms with Gasteiger partial charge in [0.2, 0.25) is 5.95 Å². The second kappa shape index (κ2) is 7.95. The van der Waals surface area contributed by atoms with Crippen LogP contribution in [-0.4, -0.2) is 15.0 Å². The molecule has 0 atom stereocenters. The molecule has 2 heterocycles. The van der Waals surface area contributed by atoms with E-state index in [1.807, 2.05) is 38.1 Å². The molecule has 0 aliphatic heterocycles. The number of benzene rings is 2. The molecule has 2 aromatic carbocycles. The SMILES string of the molecule is C/C=C/c1cc(C)c(-c2cccc3c(N)nc(Nc4ccc(C)cn4)nc23)c(C)c1. The molecule has 0 amide bonds. The number of aromatic nitrogens is 3. The molecule has 0 saturated carbocycles. The first-order valence-corrected chi connectivity index (χ1v) is 9.96. The van der Waals surface area contributed by atoms with Crippen molar-refractivity contribution in [3.63, 3.8) is 0 Å². The van der Waals surface area contributed by atoms with Gasteiger partial charge in [-0.3, -0.25) is 0 Å². The highest BCUT2D eigenvalue weighted by atomic mass is 15.2. The van der Waals surface area contributed by atoms with Gasteiger partial charge < -0.3 is 11.1 Å². The van der Waals surface area contributed by atoms with E-state index >= 15 is 0 Å². The lowest BCUT2D eigenvalue weighted by Gasteiger charge is -2.15. The highest BCUT2D eigenvalue weighted by Gasteiger charge is 2.15. The molecule has 5 heteroatoms. The summed E-state index contributed by atoms with van der Waals surface area (Å²) in [5.74, 6) is 1.56. The zero-order valence-corrected chi connectivity index (χ0v) is 17.7. The van der Waals surface area contributed by atoms with Crippen LogP contribution in [0.15, 0.2) is 54.7 Å². The molecule has 0 fully saturated rings. The fourth-order valence-electron chi connectivity index (χ4n) is 3.80. The molecule has 0 bridgehead atoms. The van der Waals surface area contributed by atoms with Crippen LogP contribution in [-0.2, 0) is 0 Å². The largest absolute Gasteiger partial charge is 0.383 e. The quantitative estimate of drug-likeness (QED) is 0.445. The summed E-state index contributed by atoms with van der Waals surface area (Å²) in [6, 6.07) is 14.3. The van der Waals surface area contributed by atoms with Gasteiger partial charge in [0, 0.05) is 17.1 Å². The smallest absolute Gasteiger partial charge is 0.230 e. The van der Waals surface area contributed by atoms with Crippen LogP contribution in [0.25, 0.3) is 28.1 Å². The fourth-order valence-corrected chi connectivity index (χ4v) is 3.80. The molecule has 4 aromatic rings. The van der Waals surface area contributed by atoms with Crippen molar-refractivity contribution >= 4 is 34.6 Å². The number of nitrogens with zero attached hydrogens (tertiary/aromatic N) is 3. The number of rotatable bonds is 4. The summed E-state index contributed by atoms with van der Waals surface area (Å²) < 4.78 is 0. The number of nitrogens with two attached hydrogens (primary N) is 1. The van der Waals surface area contributed by atoms with Gasteiger partial charge in [-0.1, -0.05) is 42.5 Å². The third kappa shape index (κ3) is 3.74. The zero-order chi connectivity index (χ0) is 21.3. The Hall–Kier alpha value is -3.73. The molecule has 4 rings (SSSR count). The van der Waals surface area contributed by atoms with E-state index in [1.54, 1.807) is 6.20 Å². The van der Waals surface area contributed by atoms with Gasteiger partial charge in [-0.25, -0.2) is 9.97 Å². The number of anilines is 3. The Morgan fingerprint density at radius 2 is 1.73 bits per heavy atom. The summed E-state index contributed by atoms with van der Waals surface area (Å²) in [5, 5.41) is 4.01. The van der Waals surface area contributed by atoms with Crippen molar-refractivity contribution in [1.29, 1.82) is 0 Å². The number of para-hydroxylation sites is 1. The number of hydrogen-bond donors (Lipinski definition) is 2. The molecule has 0 aliphatic carbocycles. The maximum atomic E-state index is 6.30. The molecule has 150 valence electrons. The normalized spacial score (nSPS) is 11.3. The third-order valence-electron chi connectivity index (χ3n) is 5.09. The van der Waals surface area contributed by atoms with Crippen molar-refractivity contribution < 1.29 is 0 Å². The van der Waals surface area contributed by atoms with Crippen LogP contribution in [0.3, 0.4) is 0 Å². The first-order valence-electron chi connectivity index (χ1n) is 9.96. The van der Waals surface area contributed by atoms with Gasteiger partial charge in [0.25, 0.3) is 0 Å². The summed E-state index contributed by atoms with van der Waals surface area (Å²) in [4.78, 5) is 13.6. The minimum absolute atomic E-state index is 0.435. The lowest BCUT2D eigenvalue weighted by atomic mass is 9.92. The summed E-state index contributed by atoms with van der Waals surface area (Å²) in [6.07, 6.45) is 5.97. The summed E-state index contributed by atoms with van der Waals surface area (Å²) in [6.45, 7) is 8.29. The Bertz CT molecular complexity index is 1230. The van der Waals surface area contributed by atoms with Gasteiger partial charge in [-0.15, -0.1) is 0 Å². The Morgan fingerprint density at radius 1 is 0.967 bits per heavy atom. The minimum atomic E-state index is 0.435. The zero-order valence-electron chi connectivity index (χ0n) is 17.7. The molecule has 3 N–H and O–H groups in total. The van der Waals surface area contributed by atoms with Crippen LogP contribution < -0.4 is 11.1 Å². The van der Waals surface area contributed by atoms with Crippen molar-refractivity contribution in [2.24, 2.45) is 0 Å². The fraction of sp³-hybridized carbons (Fsp3) is 0.160. The predicted molar refractivity (Wildman–Crippen MR) is 126 cm³/mol. The Balaban J connectivity index is 1.87. The molecule has 0 saturated heterocycles. The lowest BCUT2D eigenvalue weighted by molar-refractivity contribution is 1.18. The van der Waals surface area contributed by atoms with E-state index in [4.69, 9.17) is 10.7 Å². The maximum Gasteiger partial charge on any atom is 0.230 e. The number of hydrogen-bond acceptors (Lipinski definition) is 5. The van der Waals surface area contributed by atoms with Crippen LogP contribution in [0.1, 0.15) is 29.2 Å². The van der Waals surface area contributed by atoms with Crippen molar-refractivity contribution in [2.45, 2.75) is 27.7 Å². The van der Waals surface area contributed by atoms with E-state index in [1.165, 1.54) is 22.3 Å². The molecule has 30 heavy (non-hydrogen) atoms. The number of aryl methyl sites for hydroxylation is 3. The van der Waals surface area contributed by atoms with E-state index < -0.39 is 0 Å². The van der Waals surface area contributed by atoms with E-state index in [-0.39, 0.29) is 0 Å². The predicted octanol–water partition coefficient (Wildman–Crippen LogP) is 5.98. The van der Waals surface area contributed by atoms with Crippen molar-refractivity contribution in [2.75, 3.05) is 11.1 Å². The average molecular weight is 396 g/mol. The summed E-state index contributed by atoms with van der Waals surface area (Å²) in [5.41, 5.74) is 14.0. The summed E-state index contributed by atoms with van der Waals surface area (Å²) in [7, 11) is 0. The molecule has 2 aromatic heterocycles. The number of nitrogens with one attached hydrogen (secondary N) is 1. The van der Waals surface area contributed by atoms with Crippen LogP contribution in [0.2, 0.25) is 0 Å². The van der Waals surface area contributed by atoms with E-state index in [9.17, 15) is 0 Å². The van der Waals surface area contributed by atoms with Gasteiger partial charge in [-0.2, -0.15) is 4.98 Å². The van der Waals surface area contributed by atoms with Crippen molar-refractivity contribution in [3.8, 4) is 11.1 Å². The van der Waals surface area contributed by atoms with Crippen LogP contribution in [0.5, 0.6) is 0 Å². The Labute approximate surface area is 176 Å². The number of pyridine rings is 1.